The Morgan fingerprint density at radius 3 is 2.70 bits per heavy atom. The van der Waals surface area contributed by atoms with E-state index >= 15 is 0 Å². The van der Waals surface area contributed by atoms with E-state index in [1.54, 1.807) is 0 Å². The predicted octanol–water partition coefficient (Wildman–Crippen LogP) is 2.06. The molecule has 0 radical (unpaired) electrons. The number of amides is 1. The number of sulfone groups is 1. The number of halogens is 2. The summed E-state index contributed by atoms with van der Waals surface area (Å²) in [7, 11) is -3.68. The standard InChI is InChI=1S/C13H15ClFNO3S/c1-8(13(17)16-11-4-5-11)20(18,19)7-9-2-3-10(15)6-12(9)14/h2-3,6,8,11H,4-5,7H2,1H3,(H,16,17)/t8-/m0/s1. The average Bonchev–Trinajstić information content (AvgIpc) is 3.15. The van der Waals surface area contributed by atoms with Crippen molar-refractivity contribution in [3.05, 3.63) is 34.6 Å². The number of hydrogen-bond acceptors (Lipinski definition) is 3. The summed E-state index contributed by atoms with van der Waals surface area (Å²) in [5, 5.41) is 1.55. The number of carbonyl (C=O) groups is 1. The summed E-state index contributed by atoms with van der Waals surface area (Å²) in [5.74, 6) is -1.41. The van der Waals surface area contributed by atoms with Gasteiger partial charge in [-0.3, -0.25) is 4.79 Å². The van der Waals surface area contributed by atoms with Crippen LogP contribution in [0.1, 0.15) is 25.3 Å². The largest absolute Gasteiger partial charge is 0.352 e. The van der Waals surface area contributed by atoms with Gasteiger partial charge in [-0.2, -0.15) is 0 Å². The van der Waals surface area contributed by atoms with Gasteiger partial charge in [0.2, 0.25) is 5.91 Å². The molecule has 1 atom stereocenters. The third kappa shape index (κ3) is 3.70. The summed E-state index contributed by atoms with van der Waals surface area (Å²) in [6.07, 6.45) is 1.78. The Kier molecular flexibility index (Phi) is 4.34. The van der Waals surface area contributed by atoms with Crippen molar-refractivity contribution in [1.82, 2.24) is 5.32 Å². The molecule has 1 saturated carbocycles. The molecule has 0 aromatic heterocycles. The van der Waals surface area contributed by atoms with E-state index in [1.807, 2.05) is 0 Å². The monoisotopic (exact) mass is 319 g/mol. The zero-order valence-corrected chi connectivity index (χ0v) is 12.5. The molecular formula is C13H15ClFNO3S. The first-order valence-corrected chi connectivity index (χ1v) is 8.35. The highest BCUT2D eigenvalue weighted by Crippen LogP contribution is 2.23. The van der Waals surface area contributed by atoms with E-state index in [4.69, 9.17) is 11.6 Å². The molecule has 0 heterocycles. The highest BCUT2D eigenvalue weighted by molar-refractivity contribution is 7.92. The second-order valence-electron chi connectivity index (χ2n) is 4.97. The van der Waals surface area contributed by atoms with Crippen molar-refractivity contribution < 1.29 is 17.6 Å². The Bertz CT molecular complexity index is 629. The summed E-state index contributed by atoms with van der Waals surface area (Å²) in [4.78, 5) is 11.8. The number of carbonyl (C=O) groups excluding carboxylic acids is 1. The fourth-order valence-corrected chi connectivity index (χ4v) is 3.33. The quantitative estimate of drug-likeness (QED) is 0.903. The van der Waals surface area contributed by atoms with Crippen molar-refractivity contribution in [2.24, 2.45) is 0 Å². The van der Waals surface area contributed by atoms with E-state index in [1.165, 1.54) is 13.0 Å². The predicted molar refractivity (Wildman–Crippen MR) is 74.7 cm³/mol. The van der Waals surface area contributed by atoms with Gasteiger partial charge in [-0.1, -0.05) is 17.7 Å². The molecule has 1 fully saturated rings. The van der Waals surface area contributed by atoms with Crippen LogP contribution in [-0.2, 0) is 20.4 Å². The molecule has 1 aliphatic carbocycles. The van der Waals surface area contributed by atoms with Crippen LogP contribution in [0.5, 0.6) is 0 Å². The smallest absolute Gasteiger partial charge is 0.238 e. The minimum atomic E-state index is -3.68. The molecule has 1 amide bonds. The van der Waals surface area contributed by atoms with Crippen LogP contribution in [-0.4, -0.2) is 25.6 Å². The molecule has 4 nitrogen and oxygen atoms in total. The van der Waals surface area contributed by atoms with Gasteiger partial charge < -0.3 is 5.32 Å². The Labute approximate surface area is 122 Å². The van der Waals surface area contributed by atoms with Gasteiger partial charge in [0.05, 0.1) is 5.75 Å². The van der Waals surface area contributed by atoms with Crippen LogP contribution in [0.15, 0.2) is 18.2 Å². The van der Waals surface area contributed by atoms with Crippen LogP contribution in [0.4, 0.5) is 4.39 Å². The van der Waals surface area contributed by atoms with E-state index in [2.05, 4.69) is 5.32 Å². The van der Waals surface area contributed by atoms with E-state index < -0.39 is 26.8 Å². The van der Waals surface area contributed by atoms with Crippen LogP contribution in [0.2, 0.25) is 5.02 Å². The molecule has 1 aromatic carbocycles. The lowest BCUT2D eigenvalue weighted by molar-refractivity contribution is -0.120. The van der Waals surface area contributed by atoms with E-state index in [0.717, 1.165) is 25.0 Å². The number of rotatable bonds is 5. The van der Waals surface area contributed by atoms with Crippen molar-refractivity contribution in [3.63, 3.8) is 0 Å². The zero-order chi connectivity index (χ0) is 14.9. The number of hydrogen-bond donors (Lipinski definition) is 1. The highest BCUT2D eigenvalue weighted by atomic mass is 35.5. The fourth-order valence-electron chi connectivity index (χ4n) is 1.69. The van der Waals surface area contributed by atoms with Crippen molar-refractivity contribution >= 4 is 27.3 Å². The second-order valence-corrected chi connectivity index (χ2v) is 7.70. The number of benzene rings is 1. The third-order valence-electron chi connectivity index (χ3n) is 3.20. The molecule has 0 bridgehead atoms. The van der Waals surface area contributed by atoms with Crippen LogP contribution in [0, 0.1) is 5.82 Å². The molecule has 1 N–H and O–H groups in total. The molecule has 2 rings (SSSR count). The zero-order valence-electron chi connectivity index (χ0n) is 10.9. The molecular weight excluding hydrogens is 305 g/mol. The Morgan fingerprint density at radius 2 is 2.15 bits per heavy atom. The van der Waals surface area contributed by atoms with Gasteiger partial charge in [0, 0.05) is 11.1 Å². The third-order valence-corrected chi connectivity index (χ3v) is 5.56. The van der Waals surface area contributed by atoms with Crippen molar-refractivity contribution in [2.45, 2.75) is 36.8 Å². The van der Waals surface area contributed by atoms with Gasteiger partial charge in [0.25, 0.3) is 0 Å². The topological polar surface area (TPSA) is 63.2 Å². The Hall–Kier alpha value is -1.14. The average molecular weight is 320 g/mol. The van der Waals surface area contributed by atoms with E-state index in [-0.39, 0.29) is 16.8 Å². The van der Waals surface area contributed by atoms with E-state index in [9.17, 15) is 17.6 Å². The first-order chi connectivity index (χ1) is 9.29. The molecule has 7 heteroatoms. The molecule has 1 aromatic rings. The lowest BCUT2D eigenvalue weighted by Crippen LogP contribution is -2.39. The maximum absolute atomic E-state index is 12.9. The van der Waals surface area contributed by atoms with Crippen LogP contribution >= 0.6 is 11.6 Å². The second kappa shape index (κ2) is 5.69. The molecule has 0 aliphatic heterocycles. The molecule has 0 saturated heterocycles. The van der Waals surface area contributed by atoms with Crippen molar-refractivity contribution in [1.29, 1.82) is 0 Å². The summed E-state index contributed by atoms with van der Waals surface area (Å²) in [5.41, 5.74) is 0.291. The molecule has 1 aliphatic rings. The maximum atomic E-state index is 12.9. The van der Waals surface area contributed by atoms with Gasteiger partial charge in [0.1, 0.15) is 11.1 Å². The SMILES string of the molecule is C[C@@H](C(=O)NC1CC1)S(=O)(=O)Cc1ccc(F)cc1Cl. The minimum absolute atomic E-state index is 0.0448. The maximum Gasteiger partial charge on any atom is 0.238 e. The Morgan fingerprint density at radius 1 is 1.50 bits per heavy atom. The summed E-state index contributed by atoms with van der Waals surface area (Å²) in [6, 6.07) is 3.63. The highest BCUT2D eigenvalue weighted by Gasteiger charge is 2.32. The summed E-state index contributed by atoms with van der Waals surface area (Å²) >= 11 is 5.81. The van der Waals surface area contributed by atoms with Crippen LogP contribution in [0.25, 0.3) is 0 Å². The Balaban J connectivity index is 2.11. The van der Waals surface area contributed by atoms with Gasteiger partial charge in [0.15, 0.2) is 9.84 Å². The summed E-state index contributed by atoms with van der Waals surface area (Å²) < 4.78 is 37.3. The first kappa shape index (κ1) is 15.3. The lowest BCUT2D eigenvalue weighted by atomic mass is 10.2. The lowest BCUT2D eigenvalue weighted by Gasteiger charge is -2.13. The van der Waals surface area contributed by atoms with Crippen molar-refractivity contribution in [3.8, 4) is 0 Å². The molecule has 110 valence electrons. The van der Waals surface area contributed by atoms with Crippen LogP contribution in [0.3, 0.4) is 0 Å². The fraction of sp³-hybridized carbons (Fsp3) is 0.462. The minimum Gasteiger partial charge on any atom is -0.352 e. The molecule has 20 heavy (non-hydrogen) atoms. The molecule has 0 unspecified atom stereocenters. The van der Waals surface area contributed by atoms with E-state index in [0.29, 0.717) is 5.56 Å². The van der Waals surface area contributed by atoms with Gasteiger partial charge >= 0.3 is 0 Å². The van der Waals surface area contributed by atoms with Gasteiger partial charge in [-0.05, 0) is 37.5 Å². The summed E-state index contributed by atoms with van der Waals surface area (Å²) in [6.45, 7) is 1.35. The van der Waals surface area contributed by atoms with Crippen molar-refractivity contribution in [2.75, 3.05) is 0 Å². The van der Waals surface area contributed by atoms with Crippen LogP contribution < -0.4 is 5.32 Å². The van der Waals surface area contributed by atoms with Gasteiger partial charge in [-0.15, -0.1) is 0 Å². The number of nitrogens with one attached hydrogen (secondary N) is 1. The normalized spacial score (nSPS) is 16.8. The van der Waals surface area contributed by atoms with Gasteiger partial charge in [-0.25, -0.2) is 12.8 Å². The molecule has 0 spiro atoms. The first-order valence-electron chi connectivity index (χ1n) is 6.25.